The first-order chi connectivity index (χ1) is 11.9. The molecule has 0 radical (unpaired) electrons. The first-order valence-electron chi connectivity index (χ1n) is 9.08. The van der Waals surface area contributed by atoms with E-state index in [1.165, 1.54) is 0 Å². The van der Waals surface area contributed by atoms with Crippen molar-refractivity contribution < 1.29 is 13.9 Å². The summed E-state index contributed by atoms with van der Waals surface area (Å²) in [5.74, 6) is 2.42. The fourth-order valence-electron chi connectivity index (χ4n) is 2.56. The van der Waals surface area contributed by atoms with Crippen molar-refractivity contribution >= 4 is 5.96 Å². The number of rotatable bonds is 11. The molecule has 1 unspecified atom stereocenters. The van der Waals surface area contributed by atoms with Crippen molar-refractivity contribution in [1.82, 2.24) is 10.6 Å². The molecule has 0 bridgehead atoms. The highest BCUT2D eigenvalue weighted by Crippen LogP contribution is 2.12. The molecule has 0 aromatic carbocycles. The van der Waals surface area contributed by atoms with E-state index < -0.39 is 0 Å². The molecule has 1 aromatic rings. The van der Waals surface area contributed by atoms with Gasteiger partial charge in [0.15, 0.2) is 5.96 Å². The molecule has 1 aliphatic rings. The number of guanidine groups is 1. The molecule has 0 amide bonds. The van der Waals surface area contributed by atoms with Crippen LogP contribution in [0.2, 0.25) is 0 Å². The highest BCUT2D eigenvalue weighted by Gasteiger charge is 2.15. The van der Waals surface area contributed by atoms with Crippen molar-refractivity contribution in [2.75, 3.05) is 46.1 Å². The fourth-order valence-corrected chi connectivity index (χ4v) is 2.56. The van der Waals surface area contributed by atoms with Crippen molar-refractivity contribution in [3.63, 3.8) is 0 Å². The van der Waals surface area contributed by atoms with E-state index in [0.29, 0.717) is 5.92 Å². The van der Waals surface area contributed by atoms with Gasteiger partial charge in [-0.05, 0) is 38.3 Å². The molecule has 2 rings (SSSR count). The van der Waals surface area contributed by atoms with Crippen LogP contribution in [-0.4, -0.2) is 52.0 Å². The van der Waals surface area contributed by atoms with Gasteiger partial charge >= 0.3 is 0 Å². The number of hydrogen-bond acceptors (Lipinski definition) is 4. The fraction of sp³-hybridized carbons (Fsp3) is 0.722. The molecule has 1 fully saturated rings. The number of unbranched alkanes of at least 4 members (excludes halogenated alkanes) is 1. The standard InChI is InChI=1S/C18H31N3O3/c1-2-22-11-4-3-9-19-18(21-14-16-8-13-23-15-16)20-10-7-17-6-5-12-24-17/h5-6,12,16H,2-4,7-11,13-15H2,1H3,(H2,19,20,21). The second-order valence-electron chi connectivity index (χ2n) is 6.01. The molecule has 0 saturated carbocycles. The Balaban J connectivity index is 1.68. The second kappa shape index (κ2) is 11.9. The predicted molar refractivity (Wildman–Crippen MR) is 95.4 cm³/mol. The largest absolute Gasteiger partial charge is 0.469 e. The van der Waals surface area contributed by atoms with Gasteiger partial charge in [0.2, 0.25) is 0 Å². The van der Waals surface area contributed by atoms with E-state index in [9.17, 15) is 0 Å². The van der Waals surface area contributed by atoms with Crippen LogP contribution in [0.1, 0.15) is 31.9 Å². The van der Waals surface area contributed by atoms with E-state index in [4.69, 9.17) is 18.9 Å². The summed E-state index contributed by atoms with van der Waals surface area (Å²) in [7, 11) is 0. The zero-order valence-electron chi connectivity index (χ0n) is 14.8. The van der Waals surface area contributed by atoms with Crippen LogP contribution in [0.5, 0.6) is 0 Å². The van der Waals surface area contributed by atoms with Gasteiger partial charge in [0, 0.05) is 51.8 Å². The lowest BCUT2D eigenvalue weighted by molar-refractivity contribution is 0.143. The minimum Gasteiger partial charge on any atom is -0.469 e. The van der Waals surface area contributed by atoms with Gasteiger partial charge in [0.25, 0.3) is 0 Å². The quantitative estimate of drug-likeness (QED) is 0.368. The summed E-state index contributed by atoms with van der Waals surface area (Å²) in [5, 5.41) is 6.80. The maximum absolute atomic E-state index is 5.42. The van der Waals surface area contributed by atoms with E-state index in [1.54, 1.807) is 6.26 Å². The third-order valence-electron chi connectivity index (χ3n) is 3.99. The van der Waals surface area contributed by atoms with Crippen LogP contribution in [0, 0.1) is 5.92 Å². The second-order valence-corrected chi connectivity index (χ2v) is 6.01. The molecular weight excluding hydrogens is 306 g/mol. The van der Waals surface area contributed by atoms with Crippen LogP contribution in [0.4, 0.5) is 0 Å². The predicted octanol–water partition coefficient (Wildman–Crippen LogP) is 2.21. The Hall–Kier alpha value is -1.53. The van der Waals surface area contributed by atoms with Gasteiger partial charge < -0.3 is 24.5 Å². The van der Waals surface area contributed by atoms with Crippen LogP contribution < -0.4 is 10.6 Å². The Kier molecular flexibility index (Phi) is 9.34. The molecule has 2 N–H and O–H groups in total. The number of furan rings is 1. The summed E-state index contributed by atoms with van der Waals surface area (Å²) in [5.41, 5.74) is 0. The molecule has 1 aliphatic heterocycles. The van der Waals surface area contributed by atoms with E-state index >= 15 is 0 Å². The van der Waals surface area contributed by atoms with Gasteiger partial charge in [-0.3, -0.25) is 4.99 Å². The maximum atomic E-state index is 5.42. The number of hydrogen-bond donors (Lipinski definition) is 2. The highest BCUT2D eigenvalue weighted by atomic mass is 16.5. The Morgan fingerprint density at radius 3 is 3.00 bits per heavy atom. The molecule has 6 heteroatoms. The first kappa shape index (κ1) is 18.8. The van der Waals surface area contributed by atoms with Crippen molar-refractivity contribution in [1.29, 1.82) is 0 Å². The number of aliphatic imine (C=N–C) groups is 1. The van der Waals surface area contributed by atoms with Crippen LogP contribution in [0.3, 0.4) is 0 Å². The SMILES string of the molecule is CCOCCCCNC(=NCC1CCOC1)NCCc1ccco1. The van der Waals surface area contributed by atoms with Crippen molar-refractivity contribution in [2.45, 2.75) is 32.6 Å². The average molecular weight is 337 g/mol. The smallest absolute Gasteiger partial charge is 0.191 e. The molecular formula is C18H31N3O3. The molecule has 0 aliphatic carbocycles. The Labute approximate surface area is 145 Å². The molecule has 0 spiro atoms. The molecule has 136 valence electrons. The monoisotopic (exact) mass is 337 g/mol. The topological polar surface area (TPSA) is 68.0 Å². The molecule has 6 nitrogen and oxygen atoms in total. The summed E-state index contributed by atoms with van der Waals surface area (Å²) >= 11 is 0. The van der Waals surface area contributed by atoms with Gasteiger partial charge in [0.1, 0.15) is 5.76 Å². The van der Waals surface area contributed by atoms with Crippen LogP contribution in [0.25, 0.3) is 0 Å². The Bertz CT molecular complexity index is 442. The van der Waals surface area contributed by atoms with Gasteiger partial charge in [-0.25, -0.2) is 0 Å². The first-order valence-corrected chi connectivity index (χ1v) is 9.08. The lowest BCUT2D eigenvalue weighted by Gasteiger charge is -2.13. The Morgan fingerprint density at radius 1 is 1.33 bits per heavy atom. The summed E-state index contributed by atoms with van der Waals surface area (Å²) in [4.78, 5) is 4.71. The van der Waals surface area contributed by atoms with Gasteiger partial charge in [-0.15, -0.1) is 0 Å². The van der Waals surface area contributed by atoms with Crippen LogP contribution >= 0.6 is 0 Å². The lowest BCUT2D eigenvalue weighted by Crippen LogP contribution is -2.39. The van der Waals surface area contributed by atoms with E-state index in [0.717, 1.165) is 83.5 Å². The summed E-state index contributed by atoms with van der Waals surface area (Å²) < 4.78 is 16.1. The van der Waals surface area contributed by atoms with Gasteiger partial charge in [-0.2, -0.15) is 0 Å². The van der Waals surface area contributed by atoms with Crippen LogP contribution in [-0.2, 0) is 15.9 Å². The molecule has 24 heavy (non-hydrogen) atoms. The summed E-state index contributed by atoms with van der Waals surface area (Å²) in [6.07, 6.45) is 5.81. The zero-order valence-corrected chi connectivity index (χ0v) is 14.8. The zero-order chi connectivity index (χ0) is 16.9. The number of nitrogens with zero attached hydrogens (tertiary/aromatic N) is 1. The Morgan fingerprint density at radius 2 is 2.25 bits per heavy atom. The van der Waals surface area contributed by atoms with E-state index in [1.807, 2.05) is 19.1 Å². The number of ether oxygens (including phenoxy) is 2. The highest BCUT2D eigenvalue weighted by molar-refractivity contribution is 5.79. The van der Waals surface area contributed by atoms with Gasteiger partial charge in [-0.1, -0.05) is 0 Å². The van der Waals surface area contributed by atoms with Crippen molar-refractivity contribution in [2.24, 2.45) is 10.9 Å². The normalized spacial score (nSPS) is 18.0. The lowest BCUT2D eigenvalue weighted by atomic mass is 10.1. The minimum absolute atomic E-state index is 0.548. The molecule has 1 atom stereocenters. The third kappa shape index (κ3) is 7.84. The minimum atomic E-state index is 0.548. The number of nitrogens with one attached hydrogen (secondary N) is 2. The summed E-state index contributed by atoms with van der Waals surface area (Å²) in [6.45, 7) is 7.87. The van der Waals surface area contributed by atoms with Crippen molar-refractivity contribution in [3.8, 4) is 0 Å². The van der Waals surface area contributed by atoms with E-state index in [2.05, 4.69) is 10.6 Å². The average Bonchev–Trinajstić information content (AvgIpc) is 3.28. The summed E-state index contributed by atoms with van der Waals surface area (Å²) in [6, 6.07) is 3.91. The van der Waals surface area contributed by atoms with E-state index in [-0.39, 0.29) is 0 Å². The molecule has 2 heterocycles. The molecule has 1 saturated heterocycles. The van der Waals surface area contributed by atoms with Gasteiger partial charge in [0.05, 0.1) is 12.9 Å². The van der Waals surface area contributed by atoms with Crippen molar-refractivity contribution in [3.05, 3.63) is 24.2 Å². The third-order valence-corrected chi connectivity index (χ3v) is 3.99. The maximum Gasteiger partial charge on any atom is 0.191 e. The molecule has 1 aromatic heterocycles. The van der Waals surface area contributed by atoms with Crippen LogP contribution in [0.15, 0.2) is 27.8 Å².